The molecule has 0 aromatic heterocycles. The van der Waals surface area contributed by atoms with Crippen LogP contribution in [-0.4, -0.2) is 45.4 Å². The highest BCUT2D eigenvalue weighted by Gasteiger charge is 2.27. The summed E-state index contributed by atoms with van der Waals surface area (Å²) < 4.78 is 32.8. The fourth-order valence-corrected chi connectivity index (χ4v) is 5.27. The zero-order valence-corrected chi connectivity index (χ0v) is 19.2. The summed E-state index contributed by atoms with van der Waals surface area (Å²) >= 11 is 0. The largest absolute Gasteiger partial charge is 0.495 e. The second-order valence-electron chi connectivity index (χ2n) is 7.97. The van der Waals surface area contributed by atoms with E-state index < -0.39 is 10.0 Å². The fourth-order valence-electron chi connectivity index (χ4n) is 3.73. The Hall–Kier alpha value is -2.58. The highest BCUT2D eigenvalue weighted by atomic mass is 32.2. The van der Waals surface area contributed by atoms with E-state index in [1.165, 1.54) is 23.5 Å². The molecule has 0 spiro atoms. The van der Waals surface area contributed by atoms with Crippen LogP contribution in [-0.2, 0) is 14.8 Å². The number of hydrogen-bond donors (Lipinski definition) is 2. The summed E-state index contributed by atoms with van der Waals surface area (Å²) in [5, 5.41) is 5.96. The quantitative estimate of drug-likeness (QED) is 0.640. The number of nitrogens with one attached hydrogen (secondary N) is 2. The van der Waals surface area contributed by atoms with Crippen molar-refractivity contribution < 1.29 is 17.9 Å². The van der Waals surface area contributed by atoms with E-state index >= 15 is 0 Å². The van der Waals surface area contributed by atoms with E-state index in [9.17, 15) is 13.2 Å². The molecule has 0 bridgehead atoms. The molecule has 3 rings (SSSR count). The SMILES string of the molecule is COc1ccc(S(=O)(=O)N2CCCCC2)cc1NC(=O)CNc1ccccc1C(C)C. The van der Waals surface area contributed by atoms with Crippen molar-refractivity contribution in [2.24, 2.45) is 0 Å². The number of amides is 1. The molecule has 0 radical (unpaired) electrons. The summed E-state index contributed by atoms with van der Waals surface area (Å²) in [7, 11) is -2.12. The number of ether oxygens (including phenoxy) is 1. The van der Waals surface area contributed by atoms with Crippen molar-refractivity contribution in [2.75, 3.05) is 37.4 Å². The number of carbonyl (C=O) groups excluding carboxylic acids is 1. The standard InChI is InChI=1S/C23H31N3O4S/c1-17(2)19-9-5-6-10-20(19)24-16-23(27)25-21-15-18(11-12-22(21)30-3)31(28,29)26-13-7-4-8-14-26/h5-6,9-12,15,17,24H,4,7-8,13-14,16H2,1-3H3,(H,25,27). The second-order valence-corrected chi connectivity index (χ2v) is 9.91. The van der Waals surface area contributed by atoms with Crippen molar-refractivity contribution in [2.45, 2.75) is 43.9 Å². The first-order chi connectivity index (χ1) is 14.8. The molecule has 168 valence electrons. The lowest BCUT2D eigenvalue weighted by molar-refractivity contribution is -0.114. The molecule has 0 aliphatic carbocycles. The molecule has 2 N–H and O–H groups in total. The number of carbonyl (C=O) groups is 1. The van der Waals surface area contributed by atoms with Gasteiger partial charge in [0.2, 0.25) is 15.9 Å². The van der Waals surface area contributed by atoms with E-state index in [4.69, 9.17) is 4.74 Å². The maximum absolute atomic E-state index is 13.0. The van der Waals surface area contributed by atoms with Crippen molar-refractivity contribution in [1.29, 1.82) is 0 Å². The van der Waals surface area contributed by atoms with Gasteiger partial charge in [0.05, 0.1) is 24.2 Å². The molecular weight excluding hydrogens is 414 g/mol. The van der Waals surface area contributed by atoms with Crippen LogP contribution in [0.2, 0.25) is 0 Å². The molecule has 1 amide bonds. The number of rotatable bonds is 8. The Balaban J connectivity index is 1.74. The minimum atomic E-state index is -3.60. The minimum Gasteiger partial charge on any atom is -0.495 e. The smallest absolute Gasteiger partial charge is 0.243 e. The van der Waals surface area contributed by atoms with Gasteiger partial charge in [0.15, 0.2) is 0 Å². The summed E-state index contributed by atoms with van der Waals surface area (Å²) in [6.45, 7) is 5.29. The third-order valence-electron chi connectivity index (χ3n) is 5.42. The van der Waals surface area contributed by atoms with Crippen LogP contribution in [0, 0.1) is 0 Å². The van der Waals surface area contributed by atoms with Gasteiger partial charge >= 0.3 is 0 Å². The Labute approximate surface area is 184 Å². The van der Waals surface area contributed by atoms with E-state index in [0.29, 0.717) is 30.4 Å². The van der Waals surface area contributed by atoms with Gasteiger partial charge < -0.3 is 15.4 Å². The first-order valence-corrected chi connectivity index (χ1v) is 12.1. The van der Waals surface area contributed by atoms with Gasteiger partial charge in [0.1, 0.15) is 5.75 Å². The Morgan fingerprint density at radius 3 is 2.45 bits per heavy atom. The maximum atomic E-state index is 13.0. The number of nitrogens with zero attached hydrogens (tertiary/aromatic N) is 1. The summed E-state index contributed by atoms with van der Waals surface area (Å²) in [5.74, 6) is 0.446. The van der Waals surface area contributed by atoms with Gasteiger partial charge in [-0.2, -0.15) is 4.31 Å². The summed E-state index contributed by atoms with van der Waals surface area (Å²) in [4.78, 5) is 12.8. The highest BCUT2D eigenvalue weighted by Crippen LogP contribution is 2.30. The van der Waals surface area contributed by atoms with Crippen molar-refractivity contribution in [3.8, 4) is 5.75 Å². The Bertz CT molecular complexity index is 1020. The van der Waals surface area contributed by atoms with Gasteiger partial charge in [-0.1, -0.05) is 38.5 Å². The lowest BCUT2D eigenvalue weighted by atomic mass is 10.0. The third-order valence-corrected chi connectivity index (χ3v) is 7.31. The molecule has 7 nitrogen and oxygen atoms in total. The summed E-state index contributed by atoms with van der Waals surface area (Å²) in [5.41, 5.74) is 2.37. The van der Waals surface area contributed by atoms with E-state index in [2.05, 4.69) is 24.5 Å². The topological polar surface area (TPSA) is 87.7 Å². The number of hydrogen-bond acceptors (Lipinski definition) is 5. The fraction of sp³-hybridized carbons (Fsp3) is 0.435. The molecule has 1 fully saturated rings. The van der Waals surface area contributed by atoms with Crippen LogP contribution < -0.4 is 15.4 Å². The lowest BCUT2D eigenvalue weighted by Gasteiger charge is -2.26. The molecule has 0 saturated carbocycles. The maximum Gasteiger partial charge on any atom is 0.243 e. The van der Waals surface area contributed by atoms with Crippen LogP contribution in [0.1, 0.15) is 44.6 Å². The van der Waals surface area contributed by atoms with Crippen LogP contribution in [0.3, 0.4) is 0 Å². The van der Waals surface area contributed by atoms with E-state index in [1.54, 1.807) is 6.07 Å². The zero-order chi connectivity index (χ0) is 22.4. The van der Waals surface area contributed by atoms with Gasteiger partial charge in [-0.3, -0.25) is 4.79 Å². The Morgan fingerprint density at radius 1 is 1.06 bits per heavy atom. The molecular formula is C23H31N3O4S. The van der Waals surface area contributed by atoms with Crippen molar-refractivity contribution >= 4 is 27.3 Å². The molecule has 2 aromatic carbocycles. The van der Waals surface area contributed by atoms with Gasteiger partial charge in [0.25, 0.3) is 0 Å². The molecule has 0 atom stereocenters. The Morgan fingerprint density at radius 2 is 1.77 bits per heavy atom. The summed E-state index contributed by atoms with van der Waals surface area (Å²) in [6.07, 6.45) is 2.77. The molecule has 0 unspecified atom stereocenters. The van der Waals surface area contributed by atoms with Gasteiger partial charge in [0, 0.05) is 18.8 Å². The van der Waals surface area contributed by atoms with Crippen LogP contribution in [0.25, 0.3) is 0 Å². The number of piperidine rings is 1. The van der Waals surface area contributed by atoms with Gasteiger partial charge in [-0.05, 0) is 48.6 Å². The predicted octanol–water partition coefficient (Wildman–Crippen LogP) is 4.04. The number of benzene rings is 2. The molecule has 31 heavy (non-hydrogen) atoms. The minimum absolute atomic E-state index is 0.0516. The van der Waals surface area contributed by atoms with Crippen LogP contribution >= 0.6 is 0 Å². The number of anilines is 2. The third kappa shape index (κ3) is 5.57. The van der Waals surface area contributed by atoms with Crippen LogP contribution in [0.15, 0.2) is 47.4 Å². The van der Waals surface area contributed by atoms with Gasteiger partial charge in [-0.15, -0.1) is 0 Å². The molecule has 1 heterocycles. The first kappa shape index (κ1) is 23.1. The predicted molar refractivity (Wildman–Crippen MR) is 123 cm³/mol. The number of methoxy groups -OCH3 is 1. The normalized spacial score (nSPS) is 15.0. The van der Waals surface area contributed by atoms with E-state index in [0.717, 1.165) is 30.5 Å². The molecule has 1 aliphatic rings. The van der Waals surface area contributed by atoms with Crippen molar-refractivity contribution in [3.05, 3.63) is 48.0 Å². The molecule has 1 saturated heterocycles. The van der Waals surface area contributed by atoms with Crippen molar-refractivity contribution in [3.63, 3.8) is 0 Å². The highest BCUT2D eigenvalue weighted by molar-refractivity contribution is 7.89. The first-order valence-electron chi connectivity index (χ1n) is 10.6. The Kier molecular flexibility index (Phi) is 7.56. The lowest BCUT2D eigenvalue weighted by Crippen LogP contribution is -2.35. The number of sulfonamides is 1. The second kappa shape index (κ2) is 10.2. The molecule has 2 aromatic rings. The average molecular weight is 446 g/mol. The van der Waals surface area contributed by atoms with Crippen LogP contribution in [0.5, 0.6) is 5.75 Å². The van der Waals surface area contributed by atoms with Crippen molar-refractivity contribution in [1.82, 2.24) is 4.31 Å². The summed E-state index contributed by atoms with van der Waals surface area (Å²) in [6, 6.07) is 12.4. The zero-order valence-electron chi connectivity index (χ0n) is 18.3. The molecule has 8 heteroatoms. The monoisotopic (exact) mass is 445 g/mol. The van der Waals surface area contributed by atoms with E-state index in [-0.39, 0.29) is 17.3 Å². The van der Waals surface area contributed by atoms with E-state index in [1.807, 2.05) is 24.3 Å². The molecule has 1 aliphatic heterocycles. The van der Waals surface area contributed by atoms with Gasteiger partial charge in [-0.25, -0.2) is 8.42 Å². The van der Waals surface area contributed by atoms with Crippen LogP contribution in [0.4, 0.5) is 11.4 Å². The average Bonchev–Trinajstić information content (AvgIpc) is 2.78. The number of para-hydroxylation sites is 1.